The van der Waals surface area contributed by atoms with E-state index in [-0.39, 0.29) is 6.04 Å². The Balaban J connectivity index is 1.35. The van der Waals surface area contributed by atoms with Crippen molar-refractivity contribution in [3.8, 4) is 6.07 Å². The van der Waals surface area contributed by atoms with Crippen molar-refractivity contribution in [1.82, 2.24) is 10.2 Å². The quantitative estimate of drug-likeness (QED) is 0.811. The molecule has 1 fully saturated rings. The SMILES string of the molecule is C=C(CNCCc1c2c(cc3c1CCC3)CCC2)N1CCCC1C#N. The molecule has 2 aliphatic carbocycles. The Labute approximate surface area is 151 Å². The number of hydrogen-bond acceptors (Lipinski definition) is 3. The number of hydrogen-bond donors (Lipinski definition) is 1. The Bertz CT molecular complexity index is 681. The van der Waals surface area contributed by atoms with Gasteiger partial charge in [-0.25, -0.2) is 0 Å². The Morgan fingerprint density at radius 1 is 1.16 bits per heavy atom. The molecule has 3 aliphatic rings. The van der Waals surface area contributed by atoms with E-state index in [1.807, 2.05) is 0 Å². The van der Waals surface area contributed by atoms with E-state index in [9.17, 15) is 5.26 Å². The van der Waals surface area contributed by atoms with Gasteiger partial charge in [-0.3, -0.25) is 0 Å². The van der Waals surface area contributed by atoms with Gasteiger partial charge in [0.2, 0.25) is 0 Å². The van der Waals surface area contributed by atoms with E-state index in [1.165, 1.54) is 38.5 Å². The molecule has 1 heterocycles. The lowest BCUT2D eigenvalue weighted by Crippen LogP contribution is -2.33. The van der Waals surface area contributed by atoms with E-state index in [1.54, 1.807) is 27.8 Å². The number of fused-ring (bicyclic) bond motifs is 2. The maximum absolute atomic E-state index is 9.23. The average molecular weight is 335 g/mol. The molecule has 1 N–H and O–H groups in total. The molecule has 0 amide bonds. The second-order valence-electron chi connectivity index (χ2n) is 7.81. The Kier molecular flexibility index (Phi) is 4.81. The Morgan fingerprint density at radius 3 is 2.56 bits per heavy atom. The van der Waals surface area contributed by atoms with E-state index in [4.69, 9.17) is 0 Å². The van der Waals surface area contributed by atoms with Crippen LogP contribution in [0.3, 0.4) is 0 Å². The van der Waals surface area contributed by atoms with Gasteiger partial charge in [0.05, 0.1) is 6.07 Å². The van der Waals surface area contributed by atoms with Gasteiger partial charge in [0.25, 0.3) is 0 Å². The second-order valence-corrected chi connectivity index (χ2v) is 7.81. The average Bonchev–Trinajstić information content (AvgIpc) is 3.36. The van der Waals surface area contributed by atoms with E-state index >= 15 is 0 Å². The third kappa shape index (κ3) is 3.20. The minimum absolute atomic E-state index is 0.0370. The maximum Gasteiger partial charge on any atom is 0.116 e. The van der Waals surface area contributed by atoms with Crippen LogP contribution in [-0.4, -0.2) is 30.6 Å². The third-order valence-electron chi connectivity index (χ3n) is 6.29. The predicted molar refractivity (Wildman–Crippen MR) is 102 cm³/mol. The highest BCUT2D eigenvalue weighted by molar-refractivity contribution is 5.50. The van der Waals surface area contributed by atoms with Crippen LogP contribution in [0.5, 0.6) is 0 Å². The fraction of sp³-hybridized carbons (Fsp3) is 0.591. The van der Waals surface area contributed by atoms with Crippen molar-refractivity contribution in [2.45, 2.75) is 63.8 Å². The van der Waals surface area contributed by atoms with Crippen LogP contribution in [0, 0.1) is 11.3 Å². The molecule has 3 heteroatoms. The summed E-state index contributed by atoms with van der Waals surface area (Å²) in [5.41, 5.74) is 9.35. The van der Waals surface area contributed by atoms with Crippen molar-refractivity contribution in [3.63, 3.8) is 0 Å². The first-order valence-corrected chi connectivity index (χ1v) is 9.98. The highest BCUT2D eigenvalue weighted by Crippen LogP contribution is 2.35. The normalized spacial score (nSPS) is 21.2. The lowest BCUT2D eigenvalue weighted by atomic mass is 9.92. The van der Waals surface area contributed by atoms with Gasteiger partial charge in [-0.05, 0) is 92.1 Å². The molecular formula is C22H29N3. The largest absolute Gasteiger partial charge is 0.358 e. The van der Waals surface area contributed by atoms with Gasteiger partial charge in [-0.2, -0.15) is 5.26 Å². The number of rotatable bonds is 6. The number of nitrogens with one attached hydrogen (secondary N) is 1. The summed E-state index contributed by atoms with van der Waals surface area (Å²) in [5, 5.41) is 12.8. The number of benzene rings is 1. The molecule has 1 saturated heterocycles. The monoisotopic (exact) mass is 335 g/mol. The van der Waals surface area contributed by atoms with Crippen LogP contribution in [0.25, 0.3) is 0 Å². The molecule has 25 heavy (non-hydrogen) atoms. The first-order valence-electron chi connectivity index (χ1n) is 9.98. The lowest BCUT2D eigenvalue weighted by molar-refractivity contribution is 0.361. The number of likely N-dealkylation sites (tertiary alicyclic amines) is 1. The van der Waals surface area contributed by atoms with Gasteiger partial charge >= 0.3 is 0 Å². The minimum Gasteiger partial charge on any atom is -0.358 e. The number of nitriles is 1. The predicted octanol–water partition coefficient (Wildman–Crippen LogP) is 3.30. The van der Waals surface area contributed by atoms with Gasteiger partial charge in [-0.15, -0.1) is 0 Å². The highest BCUT2D eigenvalue weighted by Gasteiger charge is 2.25. The summed E-state index contributed by atoms with van der Waals surface area (Å²) in [6, 6.07) is 4.95. The van der Waals surface area contributed by atoms with Crippen molar-refractivity contribution in [3.05, 3.63) is 46.2 Å². The molecule has 1 aromatic rings. The van der Waals surface area contributed by atoms with Crippen LogP contribution in [0.15, 0.2) is 18.3 Å². The Hall–Kier alpha value is -1.79. The standard InChI is InChI=1S/C22H29N3/c1-16(25-12-4-7-19(25)14-23)15-24-11-10-22-20-8-2-5-17(20)13-18-6-3-9-21(18)22/h13,19,24H,1-12,15H2. The number of aryl methyl sites for hydroxylation is 2. The summed E-state index contributed by atoms with van der Waals surface area (Å²) in [6.45, 7) is 7.00. The van der Waals surface area contributed by atoms with Crippen molar-refractivity contribution in [2.24, 2.45) is 0 Å². The smallest absolute Gasteiger partial charge is 0.116 e. The minimum atomic E-state index is 0.0370. The molecule has 0 bridgehead atoms. The first-order chi connectivity index (χ1) is 12.3. The zero-order valence-electron chi connectivity index (χ0n) is 15.2. The molecule has 0 aromatic heterocycles. The fourth-order valence-electron chi connectivity index (χ4n) is 5.06. The van der Waals surface area contributed by atoms with Gasteiger partial charge in [-0.1, -0.05) is 12.6 Å². The van der Waals surface area contributed by atoms with Crippen molar-refractivity contribution in [2.75, 3.05) is 19.6 Å². The van der Waals surface area contributed by atoms with E-state index in [0.717, 1.165) is 44.6 Å². The van der Waals surface area contributed by atoms with Gasteiger partial charge in [0, 0.05) is 18.8 Å². The molecule has 0 spiro atoms. The van der Waals surface area contributed by atoms with Crippen LogP contribution in [0.4, 0.5) is 0 Å². The molecule has 1 unspecified atom stereocenters. The molecule has 3 nitrogen and oxygen atoms in total. The van der Waals surface area contributed by atoms with Crippen LogP contribution < -0.4 is 5.32 Å². The molecular weight excluding hydrogens is 306 g/mol. The number of nitrogens with zero attached hydrogens (tertiary/aromatic N) is 2. The maximum atomic E-state index is 9.23. The van der Waals surface area contributed by atoms with Crippen LogP contribution in [0.2, 0.25) is 0 Å². The summed E-state index contributed by atoms with van der Waals surface area (Å²) in [6.07, 6.45) is 11.0. The highest BCUT2D eigenvalue weighted by atomic mass is 15.2. The molecule has 0 saturated carbocycles. The van der Waals surface area contributed by atoms with E-state index in [0.29, 0.717) is 0 Å². The molecule has 4 rings (SSSR count). The Morgan fingerprint density at radius 2 is 1.88 bits per heavy atom. The molecule has 1 aromatic carbocycles. The van der Waals surface area contributed by atoms with Crippen LogP contribution in [0.1, 0.15) is 53.5 Å². The lowest BCUT2D eigenvalue weighted by Gasteiger charge is -2.24. The van der Waals surface area contributed by atoms with Gasteiger partial charge in [0.1, 0.15) is 6.04 Å². The summed E-state index contributed by atoms with van der Waals surface area (Å²) >= 11 is 0. The zero-order chi connectivity index (χ0) is 17.2. The molecule has 132 valence electrons. The summed E-state index contributed by atoms with van der Waals surface area (Å²) < 4.78 is 0. The summed E-state index contributed by atoms with van der Waals surface area (Å²) in [4.78, 5) is 2.19. The summed E-state index contributed by atoms with van der Waals surface area (Å²) in [7, 11) is 0. The van der Waals surface area contributed by atoms with Gasteiger partial charge < -0.3 is 10.2 Å². The molecule has 1 aliphatic heterocycles. The summed E-state index contributed by atoms with van der Waals surface area (Å²) in [5.74, 6) is 0. The zero-order valence-corrected chi connectivity index (χ0v) is 15.2. The van der Waals surface area contributed by atoms with Crippen molar-refractivity contribution < 1.29 is 0 Å². The van der Waals surface area contributed by atoms with E-state index in [2.05, 4.69) is 28.9 Å². The van der Waals surface area contributed by atoms with Gasteiger partial charge in [0.15, 0.2) is 0 Å². The first kappa shape index (κ1) is 16.7. The van der Waals surface area contributed by atoms with Crippen molar-refractivity contribution >= 4 is 0 Å². The topological polar surface area (TPSA) is 39.1 Å². The molecule has 0 radical (unpaired) electrons. The third-order valence-corrected chi connectivity index (χ3v) is 6.29. The van der Waals surface area contributed by atoms with Crippen LogP contribution >= 0.6 is 0 Å². The van der Waals surface area contributed by atoms with Crippen molar-refractivity contribution in [1.29, 1.82) is 5.26 Å². The second kappa shape index (κ2) is 7.22. The fourth-order valence-corrected chi connectivity index (χ4v) is 5.06. The van der Waals surface area contributed by atoms with Crippen LogP contribution in [-0.2, 0) is 32.1 Å². The van der Waals surface area contributed by atoms with E-state index < -0.39 is 0 Å². The molecule has 1 atom stereocenters.